The van der Waals surface area contributed by atoms with Gasteiger partial charge in [0.2, 0.25) is 10.0 Å². The highest BCUT2D eigenvalue weighted by molar-refractivity contribution is 7.89. The summed E-state index contributed by atoms with van der Waals surface area (Å²) < 4.78 is 27.9. The minimum absolute atomic E-state index is 0.244. The first kappa shape index (κ1) is 17.5. The molecule has 1 heterocycles. The maximum Gasteiger partial charge on any atom is 0.243 e. The van der Waals surface area contributed by atoms with E-state index in [1.54, 1.807) is 47.8 Å². The van der Waals surface area contributed by atoms with Crippen LogP contribution in [0.4, 0.5) is 0 Å². The van der Waals surface area contributed by atoms with Gasteiger partial charge in [-0.25, -0.2) is 13.4 Å². The van der Waals surface area contributed by atoms with Crippen molar-refractivity contribution in [2.24, 2.45) is 0 Å². The first-order chi connectivity index (χ1) is 12.1. The maximum atomic E-state index is 12.7. The monoisotopic (exact) mass is 370 g/mol. The number of benzene rings is 2. The smallest absolute Gasteiger partial charge is 0.236 e. The Hall–Kier alpha value is -2.28. The minimum Gasteiger partial charge on any atom is -0.236 e. The molecule has 0 fully saturated rings. The Labute approximate surface area is 151 Å². The zero-order valence-electron chi connectivity index (χ0n) is 13.6. The largest absolute Gasteiger partial charge is 0.243 e. The summed E-state index contributed by atoms with van der Waals surface area (Å²) in [5.74, 6) is 0. The average molecular weight is 370 g/mol. The van der Waals surface area contributed by atoms with Crippen molar-refractivity contribution in [3.05, 3.63) is 73.8 Å². The Kier molecular flexibility index (Phi) is 5.13. The molecule has 0 spiro atoms. The van der Waals surface area contributed by atoms with E-state index in [1.807, 2.05) is 24.3 Å². The molecule has 2 aromatic carbocycles. The Morgan fingerprint density at radius 2 is 1.64 bits per heavy atom. The lowest BCUT2D eigenvalue weighted by Crippen LogP contribution is -2.31. The highest BCUT2D eigenvalue weighted by Crippen LogP contribution is 2.30. The van der Waals surface area contributed by atoms with Gasteiger partial charge in [-0.1, -0.05) is 36.4 Å². The Morgan fingerprint density at radius 1 is 1.00 bits per heavy atom. The summed E-state index contributed by atoms with van der Waals surface area (Å²) in [6.45, 7) is 7.72. The molecule has 0 aliphatic rings. The molecule has 1 aromatic heterocycles. The van der Waals surface area contributed by atoms with Gasteiger partial charge in [-0.3, -0.25) is 0 Å². The molecule has 4 nitrogen and oxygen atoms in total. The van der Waals surface area contributed by atoms with Gasteiger partial charge in [0, 0.05) is 18.7 Å². The van der Waals surface area contributed by atoms with Gasteiger partial charge in [-0.15, -0.1) is 24.5 Å². The van der Waals surface area contributed by atoms with Crippen molar-refractivity contribution < 1.29 is 8.42 Å². The number of rotatable bonds is 7. The molecular formula is C19H18N2O2S2. The van der Waals surface area contributed by atoms with Gasteiger partial charge in [-0.05, 0) is 24.3 Å². The summed E-state index contributed by atoms with van der Waals surface area (Å²) in [4.78, 5) is 4.85. The van der Waals surface area contributed by atoms with Crippen molar-refractivity contribution in [2.75, 3.05) is 13.1 Å². The van der Waals surface area contributed by atoms with Gasteiger partial charge in [0.15, 0.2) is 0 Å². The summed E-state index contributed by atoms with van der Waals surface area (Å²) in [5.41, 5.74) is 1.85. The lowest BCUT2D eigenvalue weighted by atomic mass is 10.2. The van der Waals surface area contributed by atoms with Crippen LogP contribution in [0, 0.1) is 0 Å². The van der Waals surface area contributed by atoms with Gasteiger partial charge in [0.1, 0.15) is 5.01 Å². The van der Waals surface area contributed by atoms with Crippen LogP contribution in [-0.2, 0) is 10.0 Å². The molecule has 6 heteroatoms. The number of para-hydroxylation sites is 1. The molecule has 0 atom stereocenters. The number of sulfonamides is 1. The molecule has 0 saturated heterocycles. The lowest BCUT2D eigenvalue weighted by Gasteiger charge is -2.19. The van der Waals surface area contributed by atoms with Crippen LogP contribution in [0.2, 0.25) is 0 Å². The second-order valence-electron chi connectivity index (χ2n) is 5.41. The van der Waals surface area contributed by atoms with Crippen LogP contribution in [0.25, 0.3) is 20.8 Å². The second kappa shape index (κ2) is 7.31. The summed E-state index contributed by atoms with van der Waals surface area (Å²) in [5, 5.41) is 0.874. The van der Waals surface area contributed by atoms with E-state index in [2.05, 4.69) is 18.1 Å². The van der Waals surface area contributed by atoms with Crippen molar-refractivity contribution in [1.29, 1.82) is 0 Å². The highest BCUT2D eigenvalue weighted by Gasteiger charge is 2.22. The van der Waals surface area contributed by atoms with Crippen LogP contribution in [0.1, 0.15) is 0 Å². The van der Waals surface area contributed by atoms with Crippen molar-refractivity contribution in [3.8, 4) is 10.6 Å². The fourth-order valence-electron chi connectivity index (χ4n) is 2.47. The van der Waals surface area contributed by atoms with Gasteiger partial charge in [0.05, 0.1) is 15.1 Å². The molecule has 0 aliphatic heterocycles. The van der Waals surface area contributed by atoms with E-state index in [9.17, 15) is 8.42 Å². The molecule has 3 aromatic rings. The lowest BCUT2D eigenvalue weighted by molar-refractivity contribution is 0.474. The van der Waals surface area contributed by atoms with Crippen LogP contribution in [0.3, 0.4) is 0 Å². The molecule has 128 valence electrons. The van der Waals surface area contributed by atoms with E-state index in [0.29, 0.717) is 0 Å². The standard InChI is InChI=1S/C19H18N2O2S2/c1-3-13-21(14-4-2)25(22,23)16-11-9-15(10-12-16)19-20-17-7-5-6-8-18(17)24-19/h3-12H,1-2,13-14H2. The maximum absolute atomic E-state index is 12.7. The fraction of sp³-hybridized carbons (Fsp3) is 0.105. The quantitative estimate of drug-likeness (QED) is 0.582. The van der Waals surface area contributed by atoms with Crippen LogP contribution in [-0.4, -0.2) is 30.8 Å². The molecule has 3 rings (SSSR count). The molecule has 0 amide bonds. The average Bonchev–Trinajstić information content (AvgIpc) is 3.06. The van der Waals surface area contributed by atoms with Gasteiger partial charge < -0.3 is 0 Å². The molecule has 0 unspecified atom stereocenters. The number of aromatic nitrogens is 1. The van der Waals surface area contributed by atoms with Crippen LogP contribution >= 0.6 is 11.3 Å². The Bertz CT molecular complexity index is 962. The number of nitrogens with zero attached hydrogens (tertiary/aromatic N) is 2. The number of thiazole rings is 1. The predicted molar refractivity (Wildman–Crippen MR) is 104 cm³/mol. The van der Waals surface area contributed by atoms with Gasteiger partial charge >= 0.3 is 0 Å². The Balaban J connectivity index is 1.93. The van der Waals surface area contributed by atoms with E-state index < -0.39 is 10.0 Å². The minimum atomic E-state index is -3.58. The summed E-state index contributed by atoms with van der Waals surface area (Å²) in [6, 6.07) is 14.8. The third-order valence-electron chi connectivity index (χ3n) is 3.70. The Morgan fingerprint density at radius 3 is 2.24 bits per heavy atom. The normalized spacial score (nSPS) is 11.7. The van der Waals surface area contributed by atoms with Gasteiger partial charge in [-0.2, -0.15) is 4.31 Å². The SMILES string of the molecule is C=CCN(CC=C)S(=O)(=O)c1ccc(-c2nc3ccccc3s2)cc1. The molecule has 0 N–H and O–H groups in total. The second-order valence-corrected chi connectivity index (χ2v) is 8.38. The van der Waals surface area contributed by atoms with E-state index >= 15 is 0 Å². The summed E-state index contributed by atoms with van der Waals surface area (Å²) in [6.07, 6.45) is 3.13. The van der Waals surface area contributed by atoms with E-state index in [0.717, 1.165) is 20.8 Å². The molecule has 0 radical (unpaired) electrons. The van der Waals surface area contributed by atoms with Crippen LogP contribution < -0.4 is 0 Å². The number of hydrogen-bond donors (Lipinski definition) is 0. The molecule has 0 saturated carbocycles. The van der Waals surface area contributed by atoms with Crippen molar-refractivity contribution >= 4 is 31.6 Å². The predicted octanol–water partition coefficient (Wildman–Crippen LogP) is 4.33. The zero-order chi connectivity index (χ0) is 17.9. The van der Waals surface area contributed by atoms with Crippen molar-refractivity contribution in [1.82, 2.24) is 9.29 Å². The summed E-state index contributed by atoms with van der Waals surface area (Å²) >= 11 is 1.59. The third kappa shape index (κ3) is 3.56. The van der Waals surface area contributed by atoms with Crippen molar-refractivity contribution in [2.45, 2.75) is 4.90 Å². The fourth-order valence-corrected chi connectivity index (χ4v) is 4.83. The first-order valence-electron chi connectivity index (χ1n) is 7.74. The molecular weight excluding hydrogens is 352 g/mol. The van der Waals surface area contributed by atoms with Crippen molar-refractivity contribution in [3.63, 3.8) is 0 Å². The zero-order valence-corrected chi connectivity index (χ0v) is 15.3. The van der Waals surface area contributed by atoms with Crippen LogP contribution in [0.5, 0.6) is 0 Å². The third-order valence-corrected chi connectivity index (χ3v) is 6.63. The number of hydrogen-bond acceptors (Lipinski definition) is 4. The molecule has 0 aliphatic carbocycles. The summed E-state index contributed by atoms with van der Waals surface area (Å²) in [7, 11) is -3.58. The topological polar surface area (TPSA) is 50.3 Å². The van der Waals surface area contributed by atoms with Gasteiger partial charge in [0.25, 0.3) is 0 Å². The molecule has 25 heavy (non-hydrogen) atoms. The number of fused-ring (bicyclic) bond motifs is 1. The van der Waals surface area contributed by atoms with Crippen LogP contribution in [0.15, 0.2) is 78.7 Å². The van der Waals surface area contributed by atoms with E-state index in [4.69, 9.17) is 0 Å². The van der Waals surface area contributed by atoms with E-state index in [-0.39, 0.29) is 18.0 Å². The molecule has 0 bridgehead atoms. The first-order valence-corrected chi connectivity index (χ1v) is 10.00. The van der Waals surface area contributed by atoms with E-state index in [1.165, 1.54) is 4.31 Å². The highest BCUT2D eigenvalue weighted by atomic mass is 32.2.